The lowest BCUT2D eigenvalue weighted by Crippen LogP contribution is -2.38. The predicted octanol–water partition coefficient (Wildman–Crippen LogP) is -0.00530. The van der Waals surface area contributed by atoms with E-state index in [1.807, 2.05) is 0 Å². The molecule has 0 bridgehead atoms. The maximum Gasteiger partial charge on any atom is 0.0617 e. The van der Waals surface area contributed by atoms with Gasteiger partial charge in [0.25, 0.3) is 0 Å². The third-order valence-electron chi connectivity index (χ3n) is 0.820. The van der Waals surface area contributed by atoms with Gasteiger partial charge < -0.3 is 10.1 Å². The maximum absolute atomic E-state index is 7.42. The molecule has 1 atom stereocenters. The molecule has 0 saturated carbocycles. The Balaban J connectivity index is 2.70. The Morgan fingerprint density at radius 3 is 3.43 bits per heavy atom. The van der Waals surface area contributed by atoms with Crippen LogP contribution < -0.4 is 5.32 Å². The van der Waals surface area contributed by atoms with Crippen molar-refractivity contribution in [2.75, 3.05) is 19.7 Å². The lowest BCUT2D eigenvalue weighted by atomic mass is 10.3. The van der Waals surface area contributed by atoms with Crippen molar-refractivity contribution in [3.8, 4) is 0 Å². The van der Waals surface area contributed by atoms with Gasteiger partial charge in [-0.05, 0) is 6.92 Å². The Kier molecular flexibility index (Phi) is 0.804. The second kappa shape index (κ2) is 2.28. The van der Waals surface area contributed by atoms with E-state index in [4.69, 9.17) is 8.85 Å². The number of morpholine rings is 1. The minimum atomic E-state index is -1.87. The molecule has 0 radical (unpaired) electrons. The van der Waals surface area contributed by atoms with E-state index >= 15 is 0 Å². The Morgan fingerprint density at radius 2 is 3.00 bits per heavy atom. The third-order valence-corrected chi connectivity index (χ3v) is 0.820. The molecule has 0 aromatic carbocycles. The first-order valence-electron chi connectivity index (χ1n) is 3.85. The molecule has 0 amide bonds. The van der Waals surface area contributed by atoms with Crippen molar-refractivity contribution in [2.24, 2.45) is 0 Å². The fraction of sp³-hybridized carbons (Fsp3) is 1.00. The van der Waals surface area contributed by atoms with E-state index in [2.05, 4.69) is 5.32 Å². The Labute approximate surface area is 48.1 Å². The summed E-state index contributed by atoms with van der Waals surface area (Å²) in [5.74, 6) is 0. The van der Waals surface area contributed by atoms with Crippen molar-refractivity contribution in [1.82, 2.24) is 5.32 Å². The van der Waals surface area contributed by atoms with E-state index in [1.54, 1.807) is 0 Å². The van der Waals surface area contributed by atoms with Crippen LogP contribution in [0, 0.1) is 0 Å². The molecule has 1 rings (SSSR count). The Bertz CT molecular complexity index is 121. The highest BCUT2D eigenvalue weighted by atomic mass is 16.5. The smallest absolute Gasteiger partial charge is 0.0617 e. The van der Waals surface area contributed by atoms with Crippen LogP contribution in [-0.4, -0.2) is 25.7 Å². The van der Waals surface area contributed by atoms with Gasteiger partial charge in [-0.1, -0.05) is 0 Å². The molecule has 2 nitrogen and oxygen atoms in total. The largest absolute Gasteiger partial charge is 0.379 e. The van der Waals surface area contributed by atoms with Gasteiger partial charge in [0.15, 0.2) is 0 Å². The topological polar surface area (TPSA) is 21.3 Å². The molecule has 1 saturated heterocycles. The summed E-state index contributed by atoms with van der Waals surface area (Å²) in [7, 11) is 0. The van der Waals surface area contributed by atoms with Gasteiger partial charge in [0, 0.05) is 13.9 Å². The van der Waals surface area contributed by atoms with Crippen LogP contribution in [0.3, 0.4) is 0 Å². The van der Waals surface area contributed by atoms with Crippen molar-refractivity contribution < 1.29 is 8.85 Å². The zero-order valence-electron chi connectivity index (χ0n) is 7.32. The van der Waals surface area contributed by atoms with Crippen molar-refractivity contribution in [3.05, 3.63) is 0 Å². The lowest BCUT2D eigenvalue weighted by molar-refractivity contribution is 0.0824. The lowest BCUT2D eigenvalue weighted by Gasteiger charge is -2.19. The van der Waals surface area contributed by atoms with Crippen LogP contribution in [0.25, 0.3) is 0 Å². The van der Waals surface area contributed by atoms with Crippen LogP contribution in [0.4, 0.5) is 0 Å². The summed E-state index contributed by atoms with van der Waals surface area (Å²) >= 11 is 0. The molecular weight excluding hydrogens is 90.1 g/mol. The fourth-order valence-corrected chi connectivity index (χ4v) is 0.485. The molecule has 1 N–H and O–H groups in total. The predicted molar refractivity (Wildman–Crippen MR) is 28.3 cm³/mol. The van der Waals surface area contributed by atoms with Crippen LogP contribution in [0.1, 0.15) is 11.0 Å². The molecule has 0 aromatic rings. The van der Waals surface area contributed by atoms with Crippen LogP contribution in [0.15, 0.2) is 0 Å². The Morgan fingerprint density at radius 1 is 2.14 bits per heavy atom. The van der Waals surface area contributed by atoms with E-state index < -0.39 is 12.6 Å². The Hall–Kier alpha value is -0.0800. The van der Waals surface area contributed by atoms with Gasteiger partial charge in [0.1, 0.15) is 0 Å². The molecule has 1 fully saturated rings. The highest BCUT2D eigenvalue weighted by Gasteiger charge is 2.04. The first kappa shape index (κ1) is 2.46. The molecule has 2 heteroatoms. The van der Waals surface area contributed by atoms with Crippen LogP contribution in [0.5, 0.6) is 0 Å². The summed E-state index contributed by atoms with van der Waals surface area (Å²) in [6.07, 6.45) is 0. The van der Waals surface area contributed by atoms with Gasteiger partial charge in [0.05, 0.1) is 15.9 Å². The van der Waals surface area contributed by atoms with E-state index in [0.717, 1.165) is 0 Å². The maximum atomic E-state index is 7.42. The first-order chi connectivity index (χ1) is 4.46. The molecule has 7 heavy (non-hydrogen) atoms. The van der Waals surface area contributed by atoms with Gasteiger partial charge in [0.2, 0.25) is 0 Å². The normalized spacial score (nSPS) is 57.0. The van der Waals surface area contributed by atoms with E-state index in [9.17, 15) is 0 Å². The van der Waals surface area contributed by atoms with E-state index in [1.165, 1.54) is 6.92 Å². The van der Waals surface area contributed by atoms with Gasteiger partial charge in [-0.3, -0.25) is 0 Å². The van der Waals surface area contributed by atoms with Gasteiger partial charge >= 0.3 is 0 Å². The highest BCUT2D eigenvalue weighted by molar-refractivity contribution is 4.62. The molecular formula is C5H11NO. The van der Waals surface area contributed by atoms with Crippen LogP contribution in [0.2, 0.25) is 0 Å². The quantitative estimate of drug-likeness (QED) is 0.467. The van der Waals surface area contributed by atoms with Crippen LogP contribution in [-0.2, 0) is 4.74 Å². The van der Waals surface area contributed by atoms with Crippen molar-refractivity contribution >= 4 is 0 Å². The molecule has 1 aliphatic rings. The average molecular weight is 104 g/mol. The standard InChI is InChI=1S/C5H11NO/c1-5-4-7-3-2-6-5/h5-6H,2-4H2,1H3/i4D2,5D. The summed E-state index contributed by atoms with van der Waals surface area (Å²) in [5.41, 5.74) is 0. The second-order valence-corrected chi connectivity index (χ2v) is 1.50. The SMILES string of the molecule is [2H]C1(C)NCCOC1([2H])[2H]. The second-order valence-electron chi connectivity index (χ2n) is 1.50. The third kappa shape index (κ3) is 1.45. The van der Waals surface area contributed by atoms with Crippen molar-refractivity contribution in [3.63, 3.8) is 0 Å². The summed E-state index contributed by atoms with van der Waals surface area (Å²) < 4.78 is 26.6. The molecule has 0 spiro atoms. The molecule has 1 unspecified atom stereocenters. The summed E-state index contributed by atoms with van der Waals surface area (Å²) in [4.78, 5) is 0. The monoisotopic (exact) mass is 104 g/mol. The fourth-order valence-electron chi connectivity index (χ4n) is 0.485. The molecule has 42 valence electrons. The highest BCUT2D eigenvalue weighted by Crippen LogP contribution is 1.88. The number of nitrogens with one attached hydrogen (secondary N) is 1. The minimum absolute atomic E-state index is 0.335. The zero-order chi connectivity index (χ0) is 7.83. The van der Waals surface area contributed by atoms with E-state index in [-0.39, 0.29) is 0 Å². The molecule has 1 heterocycles. The molecule has 1 aliphatic heterocycles. The number of hydrogen-bond acceptors (Lipinski definition) is 2. The van der Waals surface area contributed by atoms with Crippen molar-refractivity contribution in [1.29, 1.82) is 0 Å². The van der Waals surface area contributed by atoms with Crippen molar-refractivity contribution in [2.45, 2.75) is 12.9 Å². The van der Waals surface area contributed by atoms with Gasteiger partial charge in [-0.2, -0.15) is 0 Å². The van der Waals surface area contributed by atoms with Gasteiger partial charge in [-0.25, -0.2) is 0 Å². The number of hydrogen-bond donors (Lipinski definition) is 1. The van der Waals surface area contributed by atoms with Gasteiger partial charge in [-0.15, -0.1) is 0 Å². The first-order valence-corrected chi connectivity index (χ1v) is 2.35. The number of ether oxygens (including phenoxy) is 1. The zero-order valence-corrected chi connectivity index (χ0v) is 4.32. The van der Waals surface area contributed by atoms with E-state index in [0.29, 0.717) is 13.2 Å². The summed E-state index contributed by atoms with van der Waals surface area (Å²) in [5, 5.41) is 2.72. The molecule has 0 aromatic heterocycles. The minimum Gasteiger partial charge on any atom is -0.379 e. The summed E-state index contributed by atoms with van der Waals surface area (Å²) in [6.45, 7) is 0.471. The average Bonchev–Trinajstić information content (AvgIpc) is 1.77. The molecule has 0 aliphatic carbocycles. The van der Waals surface area contributed by atoms with Crippen LogP contribution >= 0.6 is 0 Å². The number of rotatable bonds is 0. The summed E-state index contributed by atoms with van der Waals surface area (Å²) in [6, 6.07) is -1.31.